The van der Waals surface area contributed by atoms with Crippen molar-refractivity contribution in [3.05, 3.63) is 28.4 Å². The first-order valence-corrected chi connectivity index (χ1v) is 13.8. The van der Waals surface area contributed by atoms with E-state index in [0.29, 0.717) is 16.1 Å². The van der Waals surface area contributed by atoms with Crippen molar-refractivity contribution in [3.63, 3.8) is 0 Å². The molecule has 0 aliphatic carbocycles. The molecule has 2 aliphatic heterocycles. The number of piperazine rings is 2. The molecule has 4 rings (SSSR count). The zero-order chi connectivity index (χ0) is 27.1. The highest BCUT2D eigenvalue weighted by atomic mass is 32.1. The fourth-order valence-electron chi connectivity index (χ4n) is 4.65. The summed E-state index contributed by atoms with van der Waals surface area (Å²) in [5, 5.41) is 9.85. The molecule has 200 valence electrons. The Morgan fingerprint density at radius 1 is 1.08 bits per heavy atom. The number of primary amides is 1. The highest BCUT2D eigenvalue weighted by Gasteiger charge is 2.23. The number of likely N-dealkylation sites (N-methyl/N-ethyl adjacent to an activating group) is 2. The number of carbonyl (C=O) groups is 1. The maximum absolute atomic E-state index is 11.5. The number of fused-ring (bicyclic) bond motifs is 1. The largest absolute Gasteiger partial charge is 0.397 e. The molecule has 2 fully saturated rings. The molecule has 0 aromatic carbocycles. The minimum Gasteiger partial charge on any atom is -0.397 e. The van der Waals surface area contributed by atoms with Gasteiger partial charge in [0, 0.05) is 64.3 Å². The number of carbonyl (C=O) groups excluding carboxylic acids is 1. The number of thiophene rings is 1. The van der Waals surface area contributed by atoms with Crippen LogP contribution in [-0.4, -0.2) is 96.0 Å². The summed E-state index contributed by atoms with van der Waals surface area (Å²) in [6, 6.07) is 4.05. The number of nitriles is 1. The van der Waals surface area contributed by atoms with Crippen LogP contribution < -0.4 is 22.1 Å². The van der Waals surface area contributed by atoms with Gasteiger partial charge in [0.2, 0.25) is 0 Å². The second-order valence-corrected chi connectivity index (χ2v) is 10.4. The van der Waals surface area contributed by atoms with E-state index in [1.54, 1.807) is 6.20 Å². The van der Waals surface area contributed by atoms with Gasteiger partial charge in [0.1, 0.15) is 26.3 Å². The van der Waals surface area contributed by atoms with Gasteiger partial charge in [0.15, 0.2) is 0 Å². The molecule has 0 saturated carbocycles. The van der Waals surface area contributed by atoms with Crippen molar-refractivity contribution in [1.82, 2.24) is 19.7 Å². The standard InChI is InChI=1S/C14H19N5OS.C11H18N4S/c1-2-18-5-7-19(8-6-18)9-3-4-17-14-10(9)11(15)12(21-14)13(16)20;1-3-14-4-6-15(7-5-14)9(2)10(8-12)11(13)16/h3-4H,2,5-8,15H2,1H3,(H2,16,20);3-7H2,1-2H3,(H2,13,16)/b;10-9-. The van der Waals surface area contributed by atoms with E-state index < -0.39 is 5.91 Å². The van der Waals surface area contributed by atoms with E-state index >= 15 is 0 Å². The van der Waals surface area contributed by atoms with E-state index in [1.165, 1.54) is 11.3 Å². The third-order valence-electron chi connectivity index (χ3n) is 7.00. The Labute approximate surface area is 228 Å². The van der Waals surface area contributed by atoms with Gasteiger partial charge in [0.25, 0.3) is 5.91 Å². The van der Waals surface area contributed by atoms with Gasteiger partial charge in [-0.15, -0.1) is 11.3 Å². The molecule has 2 saturated heterocycles. The topological polar surface area (TPSA) is 145 Å². The molecular formula is C25H37N9OS2. The zero-order valence-electron chi connectivity index (χ0n) is 21.9. The molecule has 0 radical (unpaired) electrons. The Morgan fingerprint density at radius 2 is 1.65 bits per heavy atom. The van der Waals surface area contributed by atoms with Gasteiger partial charge in [-0.2, -0.15) is 5.26 Å². The Morgan fingerprint density at radius 3 is 2.14 bits per heavy atom. The highest BCUT2D eigenvalue weighted by Crippen LogP contribution is 2.38. The number of nitrogen functional groups attached to an aromatic ring is 1. The first-order chi connectivity index (χ1) is 17.7. The maximum Gasteiger partial charge on any atom is 0.260 e. The van der Waals surface area contributed by atoms with Gasteiger partial charge in [0.05, 0.1) is 16.8 Å². The lowest BCUT2D eigenvalue weighted by Crippen LogP contribution is -2.46. The lowest BCUT2D eigenvalue weighted by Gasteiger charge is -2.36. The molecule has 0 unspecified atom stereocenters. The summed E-state index contributed by atoms with van der Waals surface area (Å²) in [5.41, 5.74) is 19.9. The molecule has 0 spiro atoms. The van der Waals surface area contributed by atoms with Crippen LogP contribution in [0.15, 0.2) is 23.5 Å². The van der Waals surface area contributed by atoms with Crippen LogP contribution >= 0.6 is 23.6 Å². The molecule has 2 aromatic heterocycles. The van der Waals surface area contributed by atoms with Crippen molar-refractivity contribution < 1.29 is 4.79 Å². The van der Waals surface area contributed by atoms with Crippen LogP contribution in [0.1, 0.15) is 30.4 Å². The number of rotatable bonds is 6. The highest BCUT2D eigenvalue weighted by molar-refractivity contribution is 7.80. The molecule has 10 nitrogen and oxygen atoms in total. The summed E-state index contributed by atoms with van der Waals surface area (Å²) in [5.74, 6) is -0.489. The summed E-state index contributed by atoms with van der Waals surface area (Å²) < 4.78 is 0. The fraction of sp³-hybridized carbons (Fsp3) is 0.520. The Kier molecular flexibility index (Phi) is 10.0. The van der Waals surface area contributed by atoms with Gasteiger partial charge < -0.3 is 36.8 Å². The van der Waals surface area contributed by atoms with Crippen LogP contribution in [0.25, 0.3) is 10.2 Å². The van der Waals surface area contributed by atoms with Crippen molar-refractivity contribution >= 4 is 56.0 Å². The van der Waals surface area contributed by atoms with Gasteiger partial charge in [-0.05, 0) is 26.1 Å². The molecule has 0 atom stereocenters. The molecule has 6 N–H and O–H groups in total. The van der Waals surface area contributed by atoms with Gasteiger partial charge in [-0.3, -0.25) is 4.79 Å². The number of anilines is 2. The molecule has 37 heavy (non-hydrogen) atoms. The Hall–Kier alpha value is -2.98. The first-order valence-electron chi connectivity index (χ1n) is 12.5. The zero-order valence-corrected chi connectivity index (χ0v) is 23.5. The van der Waals surface area contributed by atoms with Crippen LogP contribution in [-0.2, 0) is 0 Å². The van der Waals surface area contributed by atoms with Crippen LogP contribution in [0.5, 0.6) is 0 Å². The van der Waals surface area contributed by atoms with E-state index in [0.717, 1.165) is 87.0 Å². The van der Waals surface area contributed by atoms with Gasteiger partial charge in [-0.1, -0.05) is 26.1 Å². The second kappa shape index (κ2) is 13.0. The van der Waals surface area contributed by atoms with E-state index in [4.69, 9.17) is 34.7 Å². The number of hydrogen-bond donors (Lipinski definition) is 3. The number of nitrogens with two attached hydrogens (primary N) is 3. The average Bonchev–Trinajstić information content (AvgIpc) is 3.26. The third kappa shape index (κ3) is 6.67. The maximum atomic E-state index is 11.5. The van der Waals surface area contributed by atoms with Crippen LogP contribution in [0.4, 0.5) is 11.4 Å². The van der Waals surface area contributed by atoms with E-state index in [1.807, 2.05) is 13.0 Å². The van der Waals surface area contributed by atoms with Crippen molar-refractivity contribution in [2.75, 3.05) is 76.1 Å². The molecule has 12 heteroatoms. The summed E-state index contributed by atoms with van der Waals surface area (Å²) in [6.45, 7) is 16.3. The van der Waals surface area contributed by atoms with E-state index in [2.05, 4.69) is 44.5 Å². The average molecular weight is 544 g/mol. The number of pyridine rings is 1. The minimum atomic E-state index is -0.489. The molecule has 2 aromatic rings. The monoisotopic (exact) mass is 543 g/mol. The number of amides is 1. The van der Waals surface area contributed by atoms with Crippen molar-refractivity contribution in [2.45, 2.75) is 20.8 Å². The number of thiocarbonyl (C=S) groups is 1. The Balaban J connectivity index is 0.000000214. The molecule has 4 heterocycles. The lowest BCUT2D eigenvalue weighted by molar-refractivity contribution is 0.100. The lowest BCUT2D eigenvalue weighted by atomic mass is 10.2. The smallest absolute Gasteiger partial charge is 0.260 e. The normalized spacial score (nSPS) is 17.6. The molecule has 2 aliphatic rings. The van der Waals surface area contributed by atoms with E-state index in [9.17, 15) is 4.79 Å². The molecular weight excluding hydrogens is 506 g/mol. The second-order valence-electron chi connectivity index (χ2n) is 9.00. The predicted molar refractivity (Wildman–Crippen MR) is 156 cm³/mol. The number of aromatic nitrogens is 1. The number of hydrogen-bond acceptors (Lipinski definition) is 10. The van der Waals surface area contributed by atoms with Crippen molar-refractivity contribution in [3.8, 4) is 6.07 Å². The number of allylic oxidation sites excluding steroid dienone is 1. The SMILES string of the molecule is CCN1CCN(/C(C)=C(/C#N)C(N)=S)CC1.CCN1CCN(c2ccnc3sc(C(N)=O)c(N)c23)CC1. The Bertz CT molecular complexity index is 1190. The van der Waals surface area contributed by atoms with Gasteiger partial charge >= 0.3 is 0 Å². The van der Waals surface area contributed by atoms with Crippen molar-refractivity contribution in [2.24, 2.45) is 11.5 Å². The summed E-state index contributed by atoms with van der Waals surface area (Å²) in [7, 11) is 0. The predicted octanol–water partition coefficient (Wildman–Crippen LogP) is 1.83. The summed E-state index contributed by atoms with van der Waals surface area (Å²) in [4.78, 5) is 26.5. The fourth-order valence-corrected chi connectivity index (χ4v) is 5.78. The summed E-state index contributed by atoms with van der Waals surface area (Å²) >= 11 is 6.14. The molecule has 1 amide bonds. The van der Waals surface area contributed by atoms with Crippen LogP contribution in [0, 0.1) is 11.3 Å². The first kappa shape index (κ1) is 28.6. The van der Waals surface area contributed by atoms with Crippen LogP contribution in [0.3, 0.4) is 0 Å². The van der Waals surface area contributed by atoms with Crippen LogP contribution in [0.2, 0.25) is 0 Å². The molecule has 0 bridgehead atoms. The summed E-state index contributed by atoms with van der Waals surface area (Å²) in [6.07, 6.45) is 1.77. The quantitative estimate of drug-likeness (QED) is 0.280. The third-order valence-corrected chi connectivity index (χ3v) is 8.34. The minimum absolute atomic E-state index is 0.193. The van der Waals surface area contributed by atoms with Crippen molar-refractivity contribution in [1.29, 1.82) is 5.26 Å². The van der Waals surface area contributed by atoms with Gasteiger partial charge in [-0.25, -0.2) is 4.98 Å². The number of nitrogens with zero attached hydrogens (tertiary/aromatic N) is 6. The van der Waals surface area contributed by atoms with E-state index in [-0.39, 0.29) is 4.99 Å².